The van der Waals surface area contributed by atoms with E-state index in [-0.39, 0.29) is 11.7 Å². The first kappa shape index (κ1) is 15.5. The number of fused-ring (bicyclic) bond motifs is 1. The fourth-order valence-corrected chi connectivity index (χ4v) is 3.12. The SMILES string of the molecule is O=C(CCSc1ccccc1F)Nc1cccc2cccnc12. The van der Waals surface area contributed by atoms with Crippen LogP contribution in [0.1, 0.15) is 6.42 Å². The second-order valence-corrected chi connectivity index (χ2v) is 6.09. The number of hydrogen-bond donors (Lipinski definition) is 1. The number of benzene rings is 2. The van der Waals surface area contributed by atoms with E-state index in [1.165, 1.54) is 17.8 Å². The van der Waals surface area contributed by atoms with Gasteiger partial charge in [-0.15, -0.1) is 11.8 Å². The zero-order valence-electron chi connectivity index (χ0n) is 12.3. The molecule has 3 rings (SSSR count). The summed E-state index contributed by atoms with van der Waals surface area (Å²) >= 11 is 1.34. The van der Waals surface area contributed by atoms with Gasteiger partial charge in [-0.3, -0.25) is 9.78 Å². The van der Waals surface area contributed by atoms with Crippen molar-refractivity contribution in [2.45, 2.75) is 11.3 Å². The van der Waals surface area contributed by atoms with Crippen molar-refractivity contribution >= 4 is 34.3 Å². The Morgan fingerprint density at radius 3 is 2.78 bits per heavy atom. The van der Waals surface area contributed by atoms with Gasteiger partial charge in [-0.05, 0) is 24.3 Å². The topological polar surface area (TPSA) is 42.0 Å². The number of rotatable bonds is 5. The first-order chi connectivity index (χ1) is 11.2. The molecule has 0 fully saturated rings. The largest absolute Gasteiger partial charge is 0.324 e. The van der Waals surface area contributed by atoms with E-state index in [1.54, 1.807) is 24.4 Å². The van der Waals surface area contributed by atoms with Crippen molar-refractivity contribution < 1.29 is 9.18 Å². The summed E-state index contributed by atoms with van der Waals surface area (Å²) in [7, 11) is 0. The molecule has 0 aliphatic rings. The minimum atomic E-state index is -0.254. The van der Waals surface area contributed by atoms with Gasteiger partial charge in [-0.1, -0.05) is 30.3 Å². The van der Waals surface area contributed by atoms with E-state index in [2.05, 4.69) is 10.3 Å². The number of amides is 1. The molecule has 1 heterocycles. The molecule has 3 nitrogen and oxygen atoms in total. The average molecular weight is 326 g/mol. The van der Waals surface area contributed by atoms with Gasteiger partial charge in [0.2, 0.25) is 5.91 Å². The molecule has 3 aromatic rings. The summed E-state index contributed by atoms with van der Waals surface area (Å²) < 4.78 is 13.5. The first-order valence-corrected chi connectivity index (χ1v) is 8.23. The van der Waals surface area contributed by atoms with Gasteiger partial charge in [0.1, 0.15) is 5.82 Å². The van der Waals surface area contributed by atoms with Crippen molar-refractivity contribution in [2.24, 2.45) is 0 Å². The lowest BCUT2D eigenvalue weighted by molar-refractivity contribution is -0.115. The molecule has 0 atom stereocenters. The molecule has 0 radical (unpaired) electrons. The lowest BCUT2D eigenvalue weighted by atomic mass is 10.2. The number of nitrogens with one attached hydrogen (secondary N) is 1. The summed E-state index contributed by atoms with van der Waals surface area (Å²) in [5.41, 5.74) is 1.47. The van der Waals surface area contributed by atoms with Crippen molar-refractivity contribution in [1.29, 1.82) is 0 Å². The fourth-order valence-electron chi connectivity index (χ4n) is 2.23. The van der Waals surface area contributed by atoms with Gasteiger partial charge in [-0.25, -0.2) is 4.39 Å². The van der Waals surface area contributed by atoms with Gasteiger partial charge in [0.25, 0.3) is 0 Å². The van der Waals surface area contributed by atoms with Crippen LogP contribution in [-0.2, 0) is 4.79 Å². The molecule has 0 spiro atoms. The second-order valence-electron chi connectivity index (χ2n) is 4.96. The van der Waals surface area contributed by atoms with E-state index < -0.39 is 0 Å². The number of carbonyl (C=O) groups excluding carboxylic acids is 1. The Balaban J connectivity index is 1.60. The van der Waals surface area contributed by atoms with Crippen LogP contribution >= 0.6 is 11.8 Å². The molecule has 1 amide bonds. The standard InChI is InChI=1S/C18H15FN2OS/c19-14-7-1-2-9-16(14)23-12-10-17(22)21-15-8-3-5-13-6-4-11-20-18(13)15/h1-9,11H,10,12H2,(H,21,22). The van der Waals surface area contributed by atoms with E-state index in [1.807, 2.05) is 30.3 Å². The van der Waals surface area contributed by atoms with Gasteiger partial charge in [0.15, 0.2) is 0 Å². The molecular formula is C18H15FN2OS. The third-order valence-electron chi connectivity index (χ3n) is 3.33. The van der Waals surface area contributed by atoms with E-state index in [0.717, 1.165) is 10.9 Å². The van der Waals surface area contributed by atoms with Crippen LogP contribution < -0.4 is 5.32 Å². The molecular weight excluding hydrogens is 311 g/mol. The number of hydrogen-bond acceptors (Lipinski definition) is 3. The van der Waals surface area contributed by atoms with Gasteiger partial charge in [0, 0.05) is 28.7 Å². The van der Waals surface area contributed by atoms with Crippen LogP contribution in [0.3, 0.4) is 0 Å². The molecule has 0 unspecified atom stereocenters. The third-order valence-corrected chi connectivity index (χ3v) is 4.38. The normalized spacial score (nSPS) is 10.7. The molecule has 23 heavy (non-hydrogen) atoms. The van der Waals surface area contributed by atoms with Crippen LogP contribution in [0.15, 0.2) is 65.7 Å². The zero-order valence-corrected chi connectivity index (χ0v) is 13.1. The number of anilines is 1. The summed E-state index contributed by atoms with van der Waals surface area (Å²) in [6.07, 6.45) is 2.01. The van der Waals surface area contributed by atoms with Crippen molar-refractivity contribution in [3.63, 3.8) is 0 Å². The van der Waals surface area contributed by atoms with Gasteiger partial charge < -0.3 is 5.32 Å². The zero-order chi connectivity index (χ0) is 16.1. The summed E-state index contributed by atoms with van der Waals surface area (Å²) in [6, 6.07) is 16.0. The van der Waals surface area contributed by atoms with E-state index in [4.69, 9.17) is 0 Å². The van der Waals surface area contributed by atoms with Gasteiger partial charge in [0.05, 0.1) is 11.2 Å². The van der Waals surface area contributed by atoms with Crippen LogP contribution in [0.25, 0.3) is 10.9 Å². The van der Waals surface area contributed by atoms with E-state index >= 15 is 0 Å². The number of thioether (sulfide) groups is 1. The molecule has 1 aromatic heterocycles. The number of nitrogens with zero attached hydrogens (tertiary/aromatic N) is 1. The number of para-hydroxylation sites is 1. The van der Waals surface area contributed by atoms with Gasteiger partial charge in [-0.2, -0.15) is 0 Å². The number of pyridine rings is 1. The number of halogens is 1. The van der Waals surface area contributed by atoms with Crippen molar-refractivity contribution in [2.75, 3.05) is 11.1 Å². The quantitative estimate of drug-likeness (QED) is 0.702. The highest BCUT2D eigenvalue weighted by atomic mass is 32.2. The molecule has 0 aliphatic carbocycles. The monoisotopic (exact) mass is 326 g/mol. The Morgan fingerprint density at radius 1 is 1.09 bits per heavy atom. The summed E-state index contributed by atoms with van der Waals surface area (Å²) in [5.74, 6) is 0.161. The highest BCUT2D eigenvalue weighted by Gasteiger charge is 2.08. The first-order valence-electron chi connectivity index (χ1n) is 7.25. The van der Waals surface area contributed by atoms with Crippen LogP contribution in [0.4, 0.5) is 10.1 Å². The minimum absolute atomic E-state index is 0.105. The Kier molecular flexibility index (Phi) is 4.88. The molecule has 0 saturated heterocycles. The lowest BCUT2D eigenvalue weighted by Crippen LogP contribution is -2.12. The van der Waals surface area contributed by atoms with Crippen molar-refractivity contribution in [3.8, 4) is 0 Å². The van der Waals surface area contributed by atoms with Crippen molar-refractivity contribution in [3.05, 3.63) is 66.6 Å². The maximum atomic E-state index is 13.5. The van der Waals surface area contributed by atoms with Crippen LogP contribution in [0.5, 0.6) is 0 Å². The summed E-state index contributed by atoms with van der Waals surface area (Å²) in [5, 5.41) is 3.86. The van der Waals surface area contributed by atoms with Crippen LogP contribution in [0, 0.1) is 5.82 Å². The Hall–Kier alpha value is -2.40. The predicted molar refractivity (Wildman–Crippen MR) is 92.1 cm³/mol. The van der Waals surface area contributed by atoms with Crippen LogP contribution in [-0.4, -0.2) is 16.6 Å². The predicted octanol–water partition coefficient (Wildman–Crippen LogP) is 4.49. The smallest absolute Gasteiger partial charge is 0.225 e. The third kappa shape index (κ3) is 3.87. The summed E-state index contributed by atoms with van der Waals surface area (Å²) in [4.78, 5) is 17.0. The summed E-state index contributed by atoms with van der Waals surface area (Å²) in [6.45, 7) is 0. The Morgan fingerprint density at radius 2 is 1.91 bits per heavy atom. The molecule has 0 saturated carbocycles. The van der Waals surface area contributed by atoms with Gasteiger partial charge >= 0.3 is 0 Å². The number of aromatic nitrogens is 1. The fraction of sp³-hybridized carbons (Fsp3) is 0.111. The minimum Gasteiger partial charge on any atom is -0.324 e. The highest BCUT2D eigenvalue weighted by Crippen LogP contribution is 2.23. The molecule has 2 aromatic carbocycles. The Labute approximate surface area is 137 Å². The molecule has 0 aliphatic heterocycles. The number of carbonyl (C=O) groups is 1. The van der Waals surface area contributed by atoms with Crippen molar-refractivity contribution in [1.82, 2.24) is 4.98 Å². The maximum Gasteiger partial charge on any atom is 0.225 e. The van der Waals surface area contributed by atoms with E-state index in [9.17, 15) is 9.18 Å². The molecule has 0 bridgehead atoms. The molecule has 5 heteroatoms. The molecule has 116 valence electrons. The lowest BCUT2D eigenvalue weighted by Gasteiger charge is -2.08. The highest BCUT2D eigenvalue weighted by molar-refractivity contribution is 7.99. The van der Waals surface area contributed by atoms with Crippen LogP contribution in [0.2, 0.25) is 0 Å². The average Bonchev–Trinajstić information content (AvgIpc) is 2.57. The molecule has 1 N–H and O–H groups in total. The second kappa shape index (κ2) is 7.24. The Bertz CT molecular complexity index is 833. The van der Waals surface area contributed by atoms with E-state index in [0.29, 0.717) is 22.8 Å². The maximum absolute atomic E-state index is 13.5.